The molecule has 0 aliphatic carbocycles. The Morgan fingerprint density at radius 1 is 1.24 bits per heavy atom. The van der Waals surface area contributed by atoms with E-state index < -0.39 is 0 Å². The summed E-state index contributed by atoms with van der Waals surface area (Å²) in [5.74, 6) is -0.120. The number of rotatable bonds is 4. The van der Waals surface area contributed by atoms with E-state index in [9.17, 15) is 4.79 Å². The summed E-state index contributed by atoms with van der Waals surface area (Å²) in [6.45, 7) is 2.22. The minimum Gasteiger partial charge on any atom is -0.307 e. The number of amides is 1. The average molecular weight is 299 g/mol. The number of nitriles is 1. The molecule has 2 aromatic rings. The van der Waals surface area contributed by atoms with Crippen LogP contribution in [0.15, 0.2) is 48.5 Å². The molecule has 0 heterocycles. The van der Waals surface area contributed by atoms with Crippen LogP contribution in [0.1, 0.15) is 22.3 Å². The van der Waals surface area contributed by atoms with Crippen LogP contribution >= 0.6 is 11.6 Å². The number of carbonyl (C=O) groups excluding carboxylic acids is 1. The Hall–Kier alpha value is -2.31. The molecule has 0 bridgehead atoms. The molecule has 0 radical (unpaired) electrons. The number of aryl methyl sites for hydroxylation is 1. The van der Waals surface area contributed by atoms with Crippen molar-refractivity contribution in [3.05, 3.63) is 64.7 Å². The summed E-state index contributed by atoms with van der Waals surface area (Å²) in [5, 5.41) is 9.40. The third kappa shape index (κ3) is 3.62. The van der Waals surface area contributed by atoms with Crippen molar-refractivity contribution in [1.29, 1.82) is 5.26 Å². The van der Waals surface area contributed by atoms with Crippen LogP contribution in [0, 0.1) is 18.3 Å². The van der Waals surface area contributed by atoms with Crippen LogP contribution in [-0.2, 0) is 0 Å². The Morgan fingerprint density at radius 2 is 1.95 bits per heavy atom. The molecule has 106 valence electrons. The monoisotopic (exact) mass is 298 g/mol. The number of nitrogens with zero attached hydrogens (tertiary/aromatic N) is 2. The van der Waals surface area contributed by atoms with Gasteiger partial charge in [0.2, 0.25) is 0 Å². The van der Waals surface area contributed by atoms with Crippen molar-refractivity contribution in [2.24, 2.45) is 0 Å². The first kappa shape index (κ1) is 15.1. The van der Waals surface area contributed by atoms with Gasteiger partial charge in [-0.15, -0.1) is 0 Å². The predicted octanol–water partition coefficient (Wildman–Crippen LogP) is 4.21. The third-order valence-corrected chi connectivity index (χ3v) is 3.41. The van der Waals surface area contributed by atoms with Gasteiger partial charge in [-0.2, -0.15) is 5.26 Å². The van der Waals surface area contributed by atoms with E-state index >= 15 is 0 Å². The molecule has 0 atom stereocenters. The van der Waals surface area contributed by atoms with E-state index in [1.54, 1.807) is 23.1 Å². The van der Waals surface area contributed by atoms with E-state index in [2.05, 4.69) is 6.07 Å². The topological polar surface area (TPSA) is 44.1 Å². The molecule has 3 nitrogen and oxygen atoms in total. The normalized spacial score (nSPS) is 9.95. The largest absolute Gasteiger partial charge is 0.307 e. The lowest BCUT2D eigenvalue weighted by Gasteiger charge is -2.22. The van der Waals surface area contributed by atoms with Crippen molar-refractivity contribution in [1.82, 2.24) is 0 Å². The molecule has 4 heteroatoms. The summed E-state index contributed by atoms with van der Waals surface area (Å²) in [4.78, 5) is 14.4. The minimum absolute atomic E-state index is 0.120. The molecule has 0 N–H and O–H groups in total. The zero-order valence-electron chi connectivity index (χ0n) is 11.7. The highest BCUT2D eigenvalue weighted by molar-refractivity contribution is 6.30. The van der Waals surface area contributed by atoms with Gasteiger partial charge in [-0.25, -0.2) is 0 Å². The van der Waals surface area contributed by atoms with E-state index in [1.165, 1.54) is 0 Å². The van der Waals surface area contributed by atoms with Gasteiger partial charge in [0.25, 0.3) is 5.91 Å². The van der Waals surface area contributed by atoms with Crippen molar-refractivity contribution < 1.29 is 4.79 Å². The van der Waals surface area contributed by atoms with E-state index in [0.29, 0.717) is 17.1 Å². The highest BCUT2D eigenvalue weighted by atomic mass is 35.5. The Labute approximate surface area is 129 Å². The molecule has 21 heavy (non-hydrogen) atoms. The van der Waals surface area contributed by atoms with Crippen LogP contribution in [0.2, 0.25) is 5.02 Å². The summed E-state index contributed by atoms with van der Waals surface area (Å²) in [6.07, 6.45) is 0.285. The first-order valence-electron chi connectivity index (χ1n) is 6.63. The Morgan fingerprint density at radius 3 is 2.57 bits per heavy atom. The summed E-state index contributed by atoms with van der Waals surface area (Å²) in [5.41, 5.74) is 2.21. The summed E-state index contributed by atoms with van der Waals surface area (Å²) in [6, 6.07) is 16.6. The predicted molar refractivity (Wildman–Crippen MR) is 84.5 cm³/mol. The van der Waals surface area contributed by atoms with Crippen molar-refractivity contribution in [2.75, 3.05) is 11.4 Å². The van der Waals surface area contributed by atoms with Gasteiger partial charge in [0.05, 0.1) is 12.5 Å². The number of para-hydroxylation sites is 1. The van der Waals surface area contributed by atoms with Crippen molar-refractivity contribution in [2.45, 2.75) is 13.3 Å². The quantitative estimate of drug-likeness (QED) is 0.848. The van der Waals surface area contributed by atoms with Gasteiger partial charge in [0.1, 0.15) is 0 Å². The van der Waals surface area contributed by atoms with Gasteiger partial charge >= 0.3 is 0 Å². The summed E-state index contributed by atoms with van der Waals surface area (Å²) >= 11 is 5.93. The molecular weight excluding hydrogens is 284 g/mol. The second kappa shape index (κ2) is 6.92. The standard InChI is InChI=1S/C17H15ClN2O/c1-13-12-14(18)8-9-16(13)17(21)20(11-5-10-19)15-6-3-2-4-7-15/h2-4,6-9,12H,5,11H2,1H3. The molecular formula is C17H15ClN2O. The highest BCUT2D eigenvalue weighted by Crippen LogP contribution is 2.21. The second-order valence-electron chi connectivity index (χ2n) is 4.66. The number of carbonyl (C=O) groups is 1. The van der Waals surface area contributed by atoms with Crippen LogP contribution in [-0.4, -0.2) is 12.5 Å². The van der Waals surface area contributed by atoms with E-state index in [-0.39, 0.29) is 12.3 Å². The average Bonchev–Trinajstić information content (AvgIpc) is 2.48. The van der Waals surface area contributed by atoms with Crippen LogP contribution in [0.3, 0.4) is 0 Å². The molecule has 0 saturated heterocycles. The lowest BCUT2D eigenvalue weighted by molar-refractivity contribution is 0.0987. The molecule has 0 saturated carbocycles. The summed E-state index contributed by atoms with van der Waals surface area (Å²) < 4.78 is 0. The van der Waals surface area contributed by atoms with E-state index in [4.69, 9.17) is 16.9 Å². The number of anilines is 1. The second-order valence-corrected chi connectivity index (χ2v) is 5.10. The fraction of sp³-hybridized carbons (Fsp3) is 0.176. The first-order chi connectivity index (χ1) is 10.1. The molecule has 0 unspecified atom stereocenters. The van der Waals surface area contributed by atoms with Gasteiger partial charge < -0.3 is 4.90 Å². The number of halogens is 1. The molecule has 0 aliphatic rings. The van der Waals surface area contributed by atoms with Crippen LogP contribution in [0.25, 0.3) is 0 Å². The highest BCUT2D eigenvalue weighted by Gasteiger charge is 2.19. The zero-order chi connectivity index (χ0) is 15.2. The maximum Gasteiger partial charge on any atom is 0.258 e. The van der Waals surface area contributed by atoms with Crippen molar-refractivity contribution >= 4 is 23.2 Å². The van der Waals surface area contributed by atoms with Gasteiger partial charge in [-0.1, -0.05) is 29.8 Å². The minimum atomic E-state index is -0.120. The molecule has 0 aliphatic heterocycles. The van der Waals surface area contributed by atoms with Gasteiger partial charge in [-0.3, -0.25) is 4.79 Å². The fourth-order valence-corrected chi connectivity index (χ4v) is 2.36. The number of hydrogen-bond acceptors (Lipinski definition) is 2. The third-order valence-electron chi connectivity index (χ3n) is 3.18. The van der Waals surface area contributed by atoms with Crippen LogP contribution in [0.5, 0.6) is 0 Å². The maximum absolute atomic E-state index is 12.8. The Bertz CT molecular complexity index is 677. The van der Waals surface area contributed by atoms with Gasteiger partial charge in [0, 0.05) is 22.8 Å². The van der Waals surface area contributed by atoms with Gasteiger partial charge in [0.15, 0.2) is 0 Å². The fourth-order valence-electron chi connectivity index (χ4n) is 2.13. The lowest BCUT2D eigenvalue weighted by atomic mass is 10.1. The SMILES string of the molecule is Cc1cc(Cl)ccc1C(=O)N(CCC#N)c1ccccc1. The Balaban J connectivity index is 2.37. The molecule has 0 aromatic heterocycles. The smallest absolute Gasteiger partial charge is 0.258 e. The Kier molecular flexibility index (Phi) is 4.97. The molecule has 0 fully saturated rings. The molecule has 1 amide bonds. The molecule has 2 rings (SSSR count). The summed E-state index contributed by atoms with van der Waals surface area (Å²) in [7, 11) is 0. The van der Waals surface area contributed by atoms with E-state index in [1.807, 2.05) is 37.3 Å². The molecule has 0 spiro atoms. The maximum atomic E-state index is 12.8. The van der Waals surface area contributed by atoms with Crippen LogP contribution < -0.4 is 4.90 Å². The lowest BCUT2D eigenvalue weighted by Crippen LogP contribution is -2.32. The molecule has 2 aromatic carbocycles. The first-order valence-corrected chi connectivity index (χ1v) is 7.01. The number of benzene rings is 2. The number of hydrogen-bond donors (Lipinski definition) is 0. The van der Waals surface area contributed by atoms with Gasteiger partial charge in [-0.05, 0) is 42.8 Å². The van der Waals surface area contributed by atoms with Crippen molar-refractivity contribution in [3.63, 3.8) is 0 Å². The van der Waals surface area contributed by atoms with E-state index in [0.717, 1.165) is 11.3 Å². The van der Waals surface area contributed by atoms with Crippen molar-refractivity contribution in [3.8, 4) is 6.07 Å². The zero-order valence-corrected chi connectivity index (χ0v) is 12.5. The van der Waals surface area contributed by atoms with Crippen LogP contribution in [0.4, 0.5) is 5.69 Å².